The molecule has 1 saturated heterocycles. The summed E-state index contributed by atoms with van der Waals surface area (Å²) in [6.07, 6.45) is 1.62. The van der Waals surface area contributed by atoms with E-state index < -0.39 is 5.82 Å². The molecule has 1 fully saturated rings. The first-order valence-corrected chi connectivity index (χ1v) is 10.7. The lowest BCUT2D eigenvalue weighted by atomic mass is 10.1. The number of esters is 1. The quantitative estimate of drug-likeness (QED) is 0.528. The summed E-state index contributed by atoms with van der Waals surface area (Å²) in [7, 11) is 0. The summed E-state index contributed by atoms with van der Waals surface area (Å²) in [6, 6.07) is 15.5. The summed E-state index contributed by atoms with van der Waals surface area (Å²) < 4.78 is 19.4. The second-order valence-electron chi connectivity index (χ2n) is 7.64. The fourth-order valence-corrected chi connectivity index (χ4v) is 3.63. The van der Waals surface area contributed by atoms with Crippen LogP contribution in [0.1, 0.15) is 36.0 Å². The average Bonchev–Trinajstić information content (AvgIpc) is 3.29. The highest BCUT2D eigenvalue weighted by atomic mass is 19.1. The zero-order valence-electron chi connectivity index (χ0n) is 17.6. The molecule has 3 aromatic rings. The first-order valence-electron chi connectivity index (χ1n) is 10.7. The summed E-state index contributed by atoms with van der Waals surface area (Å²) in [4.78, 5) is 27.7. The molecule has 0 N–H and O–H groups in total. The van der Waals surface area contributed by atoms with Gasteiger partial charge in [-0.1, -0.05) is 42.5 Å². The smallest absolute Gasteiger partial charge is 0.306 e. The lowest BCUT2D eigenvalue weighted by Gasteiger charge is -2.31. The number of hydrogen-bond donors (Lipinski definition) is 0. The predicted molar refractivity (Wildman–Crippen MR) is 114 cm³/mol. The minimum absolute atomic E-state index is 0.0695. The van der Waals surface area contributed by atoms with Gasteiger partial charge in [-0.3, -0.25) is 9.59 Å². The van der Waals surface area contributed by atoms with Crippen molar-refractivity contribution in [1.82, 2.24) is 25.1 Å². The number of carbonyl (C=O) groups excluding carboxylic acids is 2. The van der Waals surface area contributed by atoms with Crippen molar-refractivity contribution in [3.8, 4) is 11.4 Å². The highest BCUT2D eigenvalue weighted by molar-refractivity contribution is 5.94. The molecule has 0 unspecified atom stereocenters. The fourth-order valence-electron chi connectivity index (χ4n) is 3.63. The van der Waals surface area contributed by atoms with Gasteiger partial charge in [0.1, 0.15) is 11.9 Å². The number of benzene rings is 2. The van der Waals surface area contributed by atoms with Crippen LogP contribution in [0.25, 0.3) is 11.4 Å². The van der Waals surface area contributed by atoms with E-state index in [0.29, 0.717) is 44.7 Å². The van der Waals surface area contributed by atoms with E-state index in [1.54, 1.807) is 17.0 Å². The van der Waals surface area contributed by atoms with Crippen molar-refractivity contribution >= 4 is 11.9 Å². The molecule has 166 valence electrons. The number of tetrazole rings is 1. The van der Waals surface area contributed by atoms with Crippen LogP contribution in [-0.4, -0.2) is 56.2 Å². The maximum absolute atomic E-state index is 13.8. The molecule has 32 heavy (non-hydrogen) atoms. The van der Waals surface area contributed by atoms with Gasteiger partial charge >= 0.3 is 5.97 Å². The largest absolute Gasteiger partial charge is 0.462 e. The van der Waals surface area contributed by atoms with E-state index in [1.807, 2.05) is 30.3 Å². The van der Waals surface area contributed by atoms with Crippen molar-refractivity contribution in [1.29, 1.82) is 0 Å². The molecule has 8 nitrogen and oxygen atoms in total. The van der Waals surface area contributed by atoms with Gasteiger partial charge in [-0.2, -0.15) is 4.80 Å². The molecule has 1 aromatic heterocycles. The van der Waals surface area contributed by atoms with Crippen molar-refractivity contribution in [2.24, 2.45) is 0 Å². The molecule has 4 rings (SSSR count). The Morgan fingerprint density at radius 1 is 1.03 bits per heavy atom. The topological polar surface area (TPSA) is 90.2 Å². The Hall–Kier alpha value is -3.62. The number of aromatic nitrogens is 4. The lowest BCUT2D eigenvalue weighted by molar-refractivity contribution is -0.151. The van der Waals surface area contributed by atoms with Gasteiger partial charge in [-0.25, -0.2) is 4.39 Å². The van der Waals surface area contributed by atoms with Gasteiger partial charge in [0.15, 0.2) is 0 Å². The van der Waals surface area contributed by atoms with Crippen LogP contribution in [0.15, 0.2) is 54.6 Å². The Morgan fingerprint density at radius 2 is 1.75 bits per heavy atom. The molecule has 0 atom stereocenters. The van der Waals surface area contributed by atoms with E-state index in [2.05, 4.69) is 15.4 Å². The Morgan fingerprint density at radius 3 is 2.50 bits per heavy atom. The van der Waals surface area contributed by atoms with Crippen LogP contribution >= 0.6 is 0 Å². The summed E-state index contributed by atoms with van der Waals surface area (Å²) >= 11 is 0. The van der Waals surface area contributed by atoms with Gasteiger partial charge < -0.3 is 9.64 Å². The highest BCUT2D eigenvalue weighted by Gasteiger charge is 2.27. The Bertz CT molecular complexity index is 1060. The molecular weight excluding hydrogens is 413 g/mol. The maximum atomic E-state index is 13.8. The van der Waals surface area contributed by atoms with Crippen LogP contribution in [0.5, 0.6) is 0 Å². The third-order valence-corrected chi connectivity index (χ3v) is 5.36. The zero-order valence-corrected chi connectivity index (χ0v) is 17.6. The average molecular weight is 437 g/mol. The minimum atomic E-state index is -0.524. The number of nitrogens with zero attached hydrogens (tertiary/aromatic N) is 5. The van der Waals surface area contributed by atoms with E-state index in [0.717, 1.165) is 5.56 Å². The first-order chi connectivity index (χ1) is 15.6. The Labute approximate surface area is 185 Å². The number of amides is 1. The van der Waals surface area contributed by atoms with Gasteiger partial charge in [0.05, 0.1) is 12.1 Å². The van der Waals surface area contributed by atoms with Gasteiger partial charge in [0, 0.05) is 37.9 Å². The van der Waals surface area contributed by atoms with Crippen molar-refractivity contribution in [2.45, 2.75) is 38.3 Å². The molecule has 1 amide bonds. The SMILES string of the molecule is O=C(CCCn1nnc(-c2ccccc2)n1)OC1CCN(C(=O)c2ccccc2F)CC1. The highest BCUT2D eigenvalue weighted by Crippen LogP contribution is 2.18. The van der Waals surface area contributed by atoms with E-state index in [1.165, 1.54) is 16.9 Å². The predicted octanol–water partition coefficient (Wildman–Crippen LogP) is 3.11. The van der Waals surface area contributed by atoms with Gasteiger partial charge in [0.25, 0.3) is 5.91 Å². The van der Waals surface area contributed by atoms with Crippen molar-refractivity contribution < 1.29 is 18.7 Å². The van der Waals surface area contributed by atoms with Crippen molar-refractivity contribution in [2.75, 3.05) is 13.1 Å². The number of piperidine rings is 1. The molecule has 0 bridgehead atoms. The number of aryl methyl sites for hydroxylation is 1. The third-order valence-electron chi connectivity index (χ3n) is 5.36. The second kappa shape index (κ2) is 10.1. The number of ether oxygens (including phenoxy) is 1. The molecule has 1 aliphatic rings. The van der Waals surface area contributed by atoms with E-state index in [4.69, 9.17) is 4.74 Å². The Kier molecular flexibility index (Phi) is 6.84. The summed E-state index contributed by atoms with van der Waals surface area (Å²) in [5.74, 6) is -0.593. The summed E-state index contributed by atoms with van der Waals surface area (Å²) in [5, 5.41) is 12.4. The zero-order chi connectivity index (χ0) is 22.3. The molecule has 0 aliphatic carbocycles. The molecule has 0 spiro atoms. The lowest BCUT2D eigenvalue weighted by Crippen LogP contribution is -2.41. The van der Waals surface area contributed by atoms with Gasteiger partial charge in [-0.15, -0.1) is 10.2 Å². The molecule has 2 heterocycles. The van der Waals surface area contributed by atoms with E-state index in [9.17, 15) is 14.0 Å². The summed E-state index contributed by atoms with van der Waals surface area (Å²) in [5.41, 5.74) is 0.957. The number of likely N-dealkylation sites (tertiary alicyclic amines) is 1. The van der Waals surface area contributed by atoms with Crippen LogP contribution in [0.3, 0.4) is 0 Å². The van der Waals surface area contributed by atoms with Gasteiger partial charge in [0.2, 0.25) is 5.82 Å². The normalized spacial score (nSPS) is 14.3. The monoisotopic (exact) mass is 437 g/mol. The van der Waals surface area contributed by atoms with Gasteiger partial charge in [-0.05, 0) is 23.8 Å². The van der Waals surface area contributed by atoms with Crippen LogP contribution in [-0.2, 0) is 16.1 Å². The van der Waals surface area contributed by atoms with Crippen molar-refractivity contribution in [3.05, 3.63) is 66.0 Å². The molecule has 0 radical (unpaired) electrons. The molecule has 0 saturated carbocycles. The number of halogens is 1. The van der Waals surface area contributed by atoms with Crippen LogP contribution in [0.2, 0.25) is 0 Å². The maximum Gasteiger partial charge on any atom is 0.306 e. The van der Waals surface area contributed by atoms with Crippen LogP contribution < -0.4 is 0 Å². The Balaban J connectivity index is 1.18. The number of carbonyl (C=O) groups is 2. The van der Waals surface area contributed by atoms with Crippen LogP contribution in [0, 0.1) is 5.82 Å². The second-order valence-corrected chi connectivity index (χ2v) is 7.64. The number of hydrogen-bond acceptors (Lipinski definition) is 6. The van der Waals surface area contributed by atoms with Crippen LogP contribution in [0.4, 0.5) is 4.39 Å². The fraction of sp³-hybridized carbons (Fsp3) is 0.348. The third kappa shape index (κ3) is 5.35. The minimum Gasteiger partial charge on any atom is -0.462 e. The van der Waals surface area contributed by atoms with E-state index in [-0.39, 0.29) is 30.0 Å². The molecule has 2 aromatic carbocycles. The molecule has 9 heteroatoms. The summed E-state index contributed by atoms with van der Waals surface area (Å²) in [6.45, 7) is 1.32. The van der Waals surface area contributed by atoms with E-state index >= 15 is 0 Å². The molecule has 1 aliphatic heterocycles. The van der Waals surface area contributed by atoms with Crippen molar-refractivity contribution in [3.63, 3.8) is 0 Å². The standard InChI is InChI=1S/C23H24FN5O3/c24-20-10-5-4-9-19(20)23(31)28-15-12-18(13-16-28)32-21(30)11-6-14-29-26-22(25-27-29)17-7-2-1-3-8-17/h1-5,7-10,18H,6,11-16H2. The first kappa shape index (κ1) is 21.6. The molecular formula is C23H24FN5O3. The number of rotatable bonds is 7.